The van der Waals surface area contributed by atoms with Crippen molar-refractivity contribution in [2.45, 2.75) is 12.5 Å². The summed E-state index contributed by atoms with van der Waals surface area (Å²) in [5.74, 6) is 0. The molecule has 2 N–H and O–H groups in total. The molecule has 1 aliphatic rings. The van der Waals surface area contributed by atoms with Crippen molar-refractivity contribution in [3.05, 3.63) is 29.8 Å². The van der Waals surface area contributed by atoms with Crippen molar-refractivity contribution in [2.75, 3.05) is 25.5 Å². The SMILES string of the molecule is CN(C(=O)Nc1cccc(C#N)c1)C1CCNC1. The van der Waals surface area contributed by atoms with Crippen LogP contribution in [0.25, 0.3) is 0 Å². The summed E-state index contributed by atoms with van der Waals surface area (Å²) in [5.41, 5.74) is 1.19. The van der Waals surface area contributed by atoms with Crippen LogP contribution in [-0.2, 0) is 0 Å². The Morgan fingerprint density at radius 3 is 3.11 bits per heavy atom. The van der Waals surface area contributed by atoms with Crippen molar-refractivity contribution in [3.8, 4) is 6.07 Å². The lowest BCUT2D eigenvalue weighted by molar-refractivity contribution is 0.208. The Bertz CT molecular complexity index is 474. The average molecular weight is 244 g/mol. The lowest BCUT2D eigenvalue weighted by atomic mass is 10.2. The molecule has 2 rings (SSSR count). The molecule has 94 valence electrons. The molecule has 0 saturated carbocycles. The van der Waals surface area contributed by atoms with E-state index >= 15 is 0 Å². The Labute approximate surface area is 106 Å². The van der Waals surface area contributed by atoms with Crippen LogP contribution >= 0.6 is 0 Å². The van der Waals surface area contributed by atoms with E-state index in [1.165, 1.54) is 0 Å². The monoisotopic (exact) mass is 244 g/mol. The van der Waals surface area contributed by atoms with Gasteiger partial charge in [-0.1, -0.05) is 6.07 Å². The number of carbonyl (C=O) groups is 1. The van der Waals surface area contributed by atoms with Crippen molar-refractivity contribution in [1.82, 2.24) is 10.2 Å². The molecule has 1 aromatic rings. The molecule has 1 aliphatic heterocycles. The number of likely N-dealkylation sites (N-methyl/N-ethyl adjacent to an activating group) is 1. The van der Waals surface area contributed by atoms with E-state index in [9.17, 15) is 4.79 Å². The third-order valence-corrected chi connectivity index (χ3v) is 3.15. The Balaban J connectivity index is 1.99. The molecule has 1 fully saturated rings. The number of urea groups is 1. The standard InChI is InChI=1S/C13H16N4O/c1-17(12-5-6-15-9-12)13(18)16-11-4-2-3-10(7-11)8-14/h2-4,7,12,15H,5-6,9H2,1H3,(H,16,18). The highest BCUT2D eigenvalue weighted by atomic mass is 16.2. The molecule has 2 amide bonds. The van der Waals surface area contributed by atoms with E-state index in [-0.39, 0.29) is 12.1 Å². The highest BCUT2D eigenvalue weighted by Crippen LogP contribution is 2.12. The van der Waals surface area contributed by atoms with E-state index in [1.807, 2.05) is 0 Å². The van der Waals surface area contributed by atoms with Gasteiger partial charge in [0.15, 0.2) is 0 Å². The zero-order chi connectivity index (χ0) is 13.0. The number of anilines is 1. The van der Waals surface area contributed by atoms with Gasteiger partial charge in [0.25, 0.3) is 0 Å². The van der Waals surface area contributed by atoms with Gasteiger partial charge in [0.1, 0.15) is 0 Å². The van der Waals surface area contributed by atoms with Gasteiger partial charge in [-0.25, -0.2) is 4.79 Å². The number of hydrogen-bond donors (Lipinski definition) is 2. The predicted octanol–water partition coefficient (Wildman–Crippen LogP) is 1.38. The van der Waals surface area contributed by atoms with Crippen molar-refractivity contribution in [2.24, 2.45) is 0 Å². The van der Waals surface area contributed by atoms with Gasteiger partial charge in [-0.2, -0.15) is 5.26 Å². The van der Waals surface area contributed by atoms with Gasteiger partial charge in [-0.3, -0.25) is 0 Å². The van der Waals surface area contributed by atoms with Gasteiger partial charge in [0, 0.05) is 25.3 Å². The Kier molecular flexibility index (Phi) is 3.80. The maximum atomic E-state index is 12.0. The third kappa shape index (κ3) is 2.79. The summed E-state index contributed by atoms with van der Waals surface area (Å²) >= 11 is 0. The molecule has 0 bridgehead atoms. The number of nitrogens with zero attached hydrogens (tertiary/aromatic N) is 2. The second-order valence-corrected chi connectivity index (χ2v) is 4.38. The quantitative estimate of drug-likeness (QED) is 0.826. The van der Waals surface area contributed by atoms with Gasteiger partial charge in [-0.15, -0.1) is 0 Å². The number of amides is 2. The van der Waals surface area contributed by atoms with Crippen LogP contribution < -0.4 is 10.6 Å². The molecule has 5 nitrogen and oxygen atoms in total. The van der Waals surface area contributed by atoms with E-state index in [0.29, 0.717) is 11.3 Å². The highest BCUT2D eigenvalue weighted by Gasteiger charge is 2.22. The molecule has 1 aromatic carbocycles. The number of benzene rings is 1. The summed E-state index contributed by atoms with van der Waals surface area (Å²) in [5, 5.41) is 14.8. The highest BCUT2D eigenvalue weighted by molar-refractivity contribution is 5.89. The lowest BCUT2D eigenvalue weighted by Gasteiger charge is -2.24. The molecule has 1 atom stereocenters. The molecule has 0 spiro atoms. The maximum absolute atomic E-state index is 12.0. The minimum atomic E-state index is -0.140. The second kappa shape index (κ2) is 5.52. The first-order chi connectivity index (χ1) is 8.70. The van der Waals surface area contributed by atoms with Gasteiger partial charge in [0.05, 0.1) is 11.6 Å². The van der Waals surface area contributed by atoms with E-state index < -0.39 is 0 Å². The fraction of sp³-hybridized carbons (Fsp3) is 0.385. The molecular weight excluding hydrogens is 228 g/mol. The molecular formula is C13H16N4O. The van der Waals surface area contributed by atoms with E-state index in [4.69, 9.17) is 5.26 Å². The van der Waals surface area contributed by atoms with Crippen molar-refractivity contribution < 1.29 is 4.79 Å². The average Bonchev–Trinajstić information content (AvgIpc) is 2.92. The fourth-order valence-corrected chi connectivity index (χ4v) is 2.01. The zero-order valence-corrected chi connectivity index (χ0v) is 10.3. The molecule has 18 heavy (non-hydrogen) atoms. The summed E-state index contributed by atoms with van der Waals surface area (Å²) in [6, 6.07) is 9.06. The van der Waals surface area contributed by atoms with Gasteiger partial charge in [-0.05, 0) is 31.2 Å². The number of hydrogen-bond acceptors (Lipinski definition) is 3. The normalized spacial score (nSPS) is 18.1. The minimum Gasteiger partial charge on any atom is -0.323 e. The predicted molar refractivity (Wildman–Crippen MR) is 69.2 cm³/mol. The molecule has 5 heteroatoms. The number of nitriles is 1. The summed E-state index contributed by atoms with van der Waals surface area (Å²) in [4.78, 5) is 13.7. The van der Waals surface area contributed by atoms with Crippen LogP contribution in [0, 0.1) is 11.3 Å². The first-order valence-electron chi connectivity index (χ1n) is 5.95. The summed E-state index contributed by atoms with van der Waals surface area (Å²) in [7, 11) is 1.79. The lowest BCUT2D eigenvalue weighted by Crippen LogP contribution is -2.40. The van der Waals surface area contributed by atoms with Crippen molar-refractivity contribution >= 4 is 11.7 Å². The number of rotatable bonds is 2. The summed E-state index contributed by atoms with van der Waals surface area (Å²) in [6.07, 6.45) is 0.974. The van der Waals surface area contributed by atoms with Crippen LogP contribution in [0.4, 0.5) is 10.5 Å². The smallest absolute Gasteiger partial charge is 0.321 e. The maximum Gasteiger partial charge on any atom is 0.321 e. The molecule has 0 radical (unpaired) electrons. The van der Waals surface area contributed by atoms with Crippen LogP contribution in [0.2, 0.25) is 0 Å². The van der Waals surface area contributed by atoms with E-state index in [1.54, 1.807) is 36.2 Å². The summed E-state index contributed by atoms with van der Waals surface area (Å²) < 4.78 is 0. The van der Waals surface area contributed by atoms with E-state index in [2.05, 4.69) is 16.7 Å². The third-order valence-electron chi connectivity index (χ3n) is 3.15. The molecule has 0 aliphatic carbocycles. The Morgan fingerprint density at radius 1 is 1.61 bits per heavy atom. The molecule has 1 saturated heterocycles. The van der Waals surface area contributed by atoms with Crippen molar-refractivity contribution in [1.29, 1.82) is 5.26 Å². The largest absolute Gasteiger partial charge is 0.323 e. The van der Waals surface area contributed by atoms with Crippen molar-refractivity contribution in [3.63, 3.8) is 0 Å². The molecule has 0 aromatic heterocycles. The van der Waals surface area contributed by atoms with Crippen LogP contribution in [0.3, 0.4) is 0 Å². The topological polar surface area (TPSA) is 68.2 Å². The van der Waals surface area contributed by atoms with Crippen LogP contribution in [0.15, 0.2) is 24.3 Å². The second-order valence-electron chi connectivity index (χ2n) is 4.38. The van der Waals surface area contributed by atoms with Crippen LogP contribution in [0.5, 0.6) is 0 Å². The van der Waals surface area contributed by atoms with E-state index in [0.717, 1.165) is 19.5 Å². The fourth-order valence-electron chi connectivity index (χ4n) is 2.01. The summed E-state index contributed by atoms with van der Waals surface area (Å²) in [6.45, 7) is 1.79. The number of carbonyl (C=O) groups excluding carboxylic acids is 1. The first kappa shape index (κ1) is 12.4. The number of nitrogens with one attached hydrogen (secondary N) is 2. The van der Waals surface area contributed by atoms with Crippen LogP contribution in [0.1, 0.15) is 12.0 Å². The van der Waals surface area contributed by atoms with Crippen LogP contribution in [-0.4, -0.2) is 37.1 Å². The van der Waals surface area contributed by atoms with Gasteiger partial charge in [0.2, 0.25) is 0 Å². The zero-order valence-electron chi connectivity index (χ0n) is 10.3. The molecule has 1 unspecified atom stereocenters. The molecule has 1 heterocycles. The van der Waals surface area contributed by atoms with Gasteiger partial charge < -0.3 is 15.5 Å². The Hall–Kier alpha value is -2.06. The van der Waals surface area contributed by atoms with Gasteiger partial charge >= 0.3 is 6.03 Å². The Morgan fingerprint density at radius 2 is 2.44 bits per heavy atom. The minimum absolute atomic E-state index is 0.140. The first-order valence-corrected chi connectivity index (χ1v) is 5.95.